The molecule has 9 heteroatoms. The van der Waals surface area contributed by atoms with E-state index in [2.05, 4.69) is 9.71 Å². The average molecular weight is 467 g/mol. The van der Waals surface area contributed by atoms with Crippen LogP contribution in [0.1, 0.15) is 16.8 Å². The summed E-state index contributed by atoms with van der Waals surface area (Å²) >= 11 is 0. The van der Waals surface area contributed by atoms with E-state index in [9.17, 15) is 13.2 Å². The van der Waals surface area contributed by atoms with Crippen molar-refractivity contribution in [3.05, 3.63) is 83.7 Å². The molecule has 3 rings (SSSR count). The maximum atomic E-state index is 13.2. The Kier molecular flexibility index (Phi) is 7.47. The Morgan fingerprint density at radius 1 is 0.970 bits per heavy atom. The lowest BCUT2D eigenvalue weighted by atomic mass is 10.2. The van der Waals surface area contributed by atoms with E-state index < -0.39 is 16.0 Å². The molecule has 33 heavy (non-hydrogen) atoms. The van der Waals surface area contributed by atoms with Gasteiger partial charge in [-0.3, -0.25) is 9.71 Å². The Morgan fingerprint density at radius 3 is 2.45 bits per heavy atom. The van der Waals surface area contributed by atoms with Gasteiger partial charge in [0.1, 0.15) is 4.90 Å². The van der Waals surface area contributed by atoms with Crippen LogP contribution in [0, 0.1) is 0 Å². The standard InChI is InChI=1S/C24H22N2O6S/c1-31-21-15-18(10-12-23(27)28)16-22(24(21)32-2)33(29,30)26-20-8-5-6-17(14-20)9-11-19-7-3-4-13-25-19/h3-16,26H,1-2H3,(H,27,28). The zero-order valence-corrected chi connectivity index (χ0v) is 18.7. The molecular weight excluding hydrogens is 444 g/mol. The lowest BCUT2D eigenvalue weighted by Crippen LogP contribution is -2.15. The number of sulfonamides is 1. The van der Waals surface area contributed by atoms with Crippen LogP contribution in [0.25, 0.3) is 18.2 Å². The Balaban J connectivity index is 1.95. The minimum atomic E-state index is -4.11. The Labute approximate surface area is 191 Å². The molecule has 0 spiro atoms. The fraction of sp³-hybridized carbons (Fsp3) is 0.0833. The lowest BCUT2D eigenvalue weighted by Gasteiger charge is -2.15. The van der Waals surface area contributed by atoms with Crippen molar-refractivity contribution in [3.63, 3.8) is 0 Å². The van der Waals surface area contributed by atoms with Gasteiger partial charge in [0.2, 0.25) is 0 Å². The number of methoxy groups -OCH3 is 2. The summed E-state index contributed by atoms with van der Waals surface area (Å²) < 4.78 is 39.5. The molecule has 2 aromatic carbocycles. The molecule has 0 radical (unpaired) electrons. The summed E-state index contributed by atoms with van der Waals surface area (Å²) in [6.45, 7) is 0. The normalized spacial score (nSPS) is 11.6. The van der Waals surface area contributed by atoms with Gasteiger partial charge >= 0.3 is 5.97 Å². The molecule has 0 atom stereocenters. The Morgan fingerprint density at radius 2 is 1.79 bits per heavy atom. The van der Waals surface area contributed by atoms with Crippen LogP contribution >= 0.6 is 0 Å². The molecule has 170 valence electrons. The number of carboxylic acid groups (broad SMARTS) is 1. The van der Waals surface area contributed by atoms with Gasteiger partial charge in [0.05, 0.1) is 19.9 Å². The van der Waals surface area contributed by atoms with Crippen LogP contribution in [0.2, 0.25) is 0 Å². The number of nitrogens with one attached hydrogen (secondary N) is 1. The van der Waals surface area contributed by atoms with Crippen molar-refractivity contribution in [2.75, 3.05) is 18.9 Å². The van der Waals surface area contributed by atoms with Crippen LogP contribution in [-0.2, 0) is 14.8 Å². The zero-order valence-electron chi connectivity index (χ0n) is 17.9. The van der Waals surface area contributed by atoms with Gasteiger partial charge < -0.3 is 14.6 Å². The van der Waals surface area contributed by atoms with Gasteiger partial charge in [0, 0.05) is 18.0 Å². The lowest BCUT2D eigenvalue weighted by molar-refractivity contribution is -0.131. The van der Waals surface area contributed by atoms with Crippen LogP contribution in [0.15, 0.2) is 71.8 Å². The largest absolute Gasteiger partial charge is 0.493 e. The van der Waals surface area contributed by atoms with Crippen molar-refractivity contribution >= 4 is 39.9 Å². The van der Waals surface area contributed by atoms with Crippen molar-refractivity contribution in [3.8, 4) is 11.5 Å². The molecule has 0 aliphatic heterocycles. The molecule has 0 saturated carbocycles. The van der Waals surface area contributed by atoms with Crippen molar-refractivity contribution in [2.24, 2.45) is 0 Å². The van der Waals surface area contributed by atoms with E-state index >= 15 is 0 Å². The van der Waals surface area contributed by atoms with Crippen molar-refractivity contribution < 1.29 is 27.8 Å². The molecule has 1 aromatic heterocycles. The molecule has 3 aromatic rings. The molecule has 8 nitrogen and oxygen atoms in total. The third-order valence-electron chi connectivity index (χ3n) is 4.45. The molecule has 2 N–H and O–H groups in total. The van der Waals surface area contributed by atoms with Gasteiger partial charge in [-0.2, -0.15) is 0 Å². The van der Waals surface area contributed by atoms with Crippen LogP contribution in [0.5, 0.6) is 11.5 Å². The van der Waals surface area contributed by atoms with Crippen LogP contribution < -0.4 is 14.2 Å². The van der Waals surface area contributed by atoms with Crippen molar-refractivity contribution in [1.82, 2.24) is 4.98 Å². The second-order valence-electron chi connectivity index (χ2n) is 6.75. The maximum absolute atomic E-state index is 13.2. The summed E-state index contributed by atoms with van der Waals surface area (Å²) in [5.41, 5.74) is 2.20. The first-order chi connectivity index (χ1) is 15.8. The topological polar surface area (TPSA) is 115 Å². The molecular formula is C24H22N2O6S. The molecule has 0 aliphatic carbocycles. The summed E-state index contributed by atoms with van der Waals surface area (Å²) in [4.78, 5) is 14.9. The summed E-state index contributed by atoms with van der Waals surface area (Å²) in [6, 6.07) is 15.2. The second-order valence-corrected chi connectivity index (χ2v) is 8.40. The van der Waals surface area contributed by atoms with E-state index in [0.717, 1.165) is 17.3 Å². The molecule has 1 heterocycles. The van der Waals surface area contributed by atoms with Gasteiger partial charge in [-0.25, -0.2) is 13.2 Å². The van der Waals surface area contributed by atoms with Gasteiger partial charge in [-0.05, 0) is 59.7 Å². The first kappa shape index (κ1) is 23.6. The number of benzene rings is 2. The number of pyridine rings is 1. The van der Waals surface area contributed by atoms with Crippen LogP contribution in [-0.4, -0.2) is 38.7 Å². The maximum Gasteiger partial charge on any atom is 0.328 e. The third-order valence-corrected chi connectivity index (χ3v) is 5.83. The first-order valence-corrected chi connectivity index (χ1v) is 11.2. The molecule has 0 unspecified atom stereocenters. The predicted molar refractivity (Wildman–Crippen MR) is 127 cm³/mol. The highest BCUT2D eigenvalue weighted by atomic mass is 32.2. The van der Waals surface area contributed by atoms with Crippen LogP contribution in [0.3, 0.4) is 0 Å². The van der Waals surface area contributed by atoms with Gasteiger partial charge in [-0.1, -0.05) is 24.3 Å². The van der Waals surface area contributed by atoms with Gasteiger partial charge in [0.15, 0.2) is 11.5 Å². The quantitative estimate of drug-likeness (QED) is 0.455. The smallest absolute Gasteiger partial charge is 0.328 e. The second kappa shape index (κ2) is 10.5. The van der Waals surface area contributed by atoms with Crippen molar-refractivity contribution in [2.45, 2.75) is 4.90 Å². The highest BCUT2D eigenvalue weighted by molar-refractivity contribution is 7.92. The van der Waals surface area contributed by atoms with E-state index in [1.807, 2.05) is 36.4 Å². The highest BCUT2D eigenvalue weighted by Gasteiger charge is 2.24. The monoisotopic (exact) mass is 466 g/mol. The number of carboxylic acids is 1. The summed E-state index contributed by atoms with van der Waals surface area (Å²) in [6.07, 6.45) is 7.50. The fourth-order valence-electron chi connectivity index (χ4n) is 2.99. The minimum absolute atomic E-state index is 0.00341. The Hall–Kier alpha value is -4.11. The number of nitrogens with zero attached hydrogens (tertiary/aromatic N) is 1. The number of carbonyl (C=O) groups is 1. The predicted octanol–water partition coefficient (Wildman–Crippen LogP) is 4.17. The highest BCUT2D eigenvalue weighted by Crippen LogP contribution is 2.37. The van der Waals surface area contributed by atoms with Gasteiger partial charge in [-0.15, -0.1) is 0 Å². The number of ether oxygens (including phenoxy) is 2. The van der Waals surface area contributed by atoms with E-state index in [4.69, 9.17) is 14.6 Å². The van der Waals surface area contributed by atoms with Crippen molar-refractivity contribution in [1.29, 1.82) is 0 Å². The SMILES string of the molecule is COc1cc(C=CC(=O)O)cc(S(=O)(=O)Nc2cccc(C=Cc3ccccn3)c2)c1OC. The van der Waals surface area contributed by atoms with E-state index in [1.165, 1.54) is 32.4 Å². The number of aliphatic carboxylic acids is 1. The summed E-state index contributed by atoms with van der Waals surface area (Å²) in [7, 11) is -1.42. The number of anilines is 1. The number of hydrogen-bond donors (Lipinski definition) is 2. The fourth-order valence-corrected chi connectivity index (χ4v) is 4.25. The first-order valence-electron chi connectivity index (χ1n) is 9.71. The molecule has 0 bridgehead atoms. The Bertz CT molecular complexity index is 1300. The van der Waals surface area contributed by atoms with E-state index in [0.29, 0.717) is 11.3 Å². The molecule has 0 fully saturated rings. The molecule has 0 aliphatic rings. The molecule has 0 amide bonds. The summed E-state index contributed by atoms with van der Waals surface area (Å²) in [5, 5.41) is 8.89. The molecule has 0 saturated heterocycles. The average Bonchev–Trinajstić information content (AvgIpc) is 2.81. The third kappa shape index (κ3) is 6.20. The van der Waals surface area contributed by atoms with E-state index in [1.54, 1.807) is 24.4 Å². The summed E-state index contributed by atoms with van der Waals surface area (Å²) in [5.74, 6) is -1.01. The zero-order chi connectivity index (χ0) is 23.8. The van der Waals surface area contributed by atoms with Gasteiger partial charge in [0.25, 0.3) is 10.0 Å². The number of aromatic nitrogens is 1. The number of rotatable bonds is 9. The van der Waals surface area contributed by atoms with Crippen LogP contribution in [0.4, 0.5) is 5.69 Å². The number of hydrogen-bond acceptors (Lipinski definition) is 6. The van der Waals surface area contributed by atoms with E-state index in [-0.39, 0.29) is 16.4 Å². The minimum Gasteiger partial charge on any atom is -0.493 e.